The van der Waals surface area contributed by atoms with Crippen molar-refractivity contribution in [2.24, 2.45) is 5.92 Å². The fourth-order valence-corrected chi connectivity index (χ4v) is 8.66. The molecule has 1 atom stereocenters. The summed E-state index contributed by atoms with van der Waals surface area (Å²) >= 11 is 19.1. The molecule has 1 unspecified atom stereocenters. The predicted octanol–water partition coefficient (Wildman–Crippen LogP) is 5.53. The molecule has 5 nitrogen and oxygen atoms in total. The number of piperidine rings is 1. The Morgan fingerprint density at radius 1 is 1.25 bits per heavy atom. The SMILES string of the molecule is CC1CCCN(C(=O)CC(=O)c2nn(-c3ccc(Cl)cc3Cl)c(C3=CC=C(Br)[SeH2]3)c2Br)C1. The first-order valence-electron chi connectivity index (χ1n) is 10.1. The second-order valence-electron chi connectivity index (χ2n) is 7.93. The zero-order valence-electron chi connectivity index (χ0n) is 17.2. The third kappa shape index (κ3) is 5.11. The van der Waals surface area contributed by atoms with Crippen molar-refractivity contribution in [3.8, 4) is 5.69 Å². The van der Waals surface area contributed by atoms with Gasteiger partial charge in [0.1, 0.15) is 0 Å². The minimum absolute atomic E-state index is 0.146. The van der Waals surface area contributed by atoms with E-state index in [1.54, 1.807) is 27.8 Å². The fraction of sp³-hybridized carbons (Fsp3) is 0.318. The molecule has 0 spiro atoms. The number of allylic oxidation sites excluding steroid dienone is 2. The molecule has 2 aliphatic heterocycles. The fourth-order valence-electron chi connectivity index (χ4n) is 3.89. The molecule has 1 aromatic carbocycles. The van der Waals surface area contributed by atoms with E-state index in [1.807, 2.05) is 12.2 Å². The van der Waals surface area contributed by atoms with Gasteiger partial charge in [0, 0.05) is 0 Å². The molecule has 32 heavy (non-hydrogen) atoms. The molecule has 2 aromatic rings. The Balaban J connectivity index is 1.69. The third-order valence-electron chi connectivity index (χ3n) is 5.46. The van der Waals surface area contributed by atoms with Gasteiger partial charge < -0.3 is 0 Å². The van der Waals surface area contributed by atoms with Gasteiger partial charge in [-0.15, -0.1) is 0 Å². The van der Waals surface area contributed by atoms with Crippen LogP contribution in [0.15, 0.2) is 38.2 Å². The number of hydrogen-bond donors (Lipinski definition) is 0. The summed E-state index contributed by atoms with van der Waals surface area (Å²) in [5.41, 5.74) is 1.64. The summed E-state index contributed by atoms with van der Waals surface area (Å²) in [4.78, 5) is 27.8. The maximum absolute atomic E-state index is 13.2. The van der Waals surface area contributed by atoms with Crippen molar-refractivity contribution in [2.75, 3.05) is 13.1 Å². The van der Waals surface area contributed by atoms with Crippen molar-refractivity contribution in [2.45, 2.75) is 26.2 Å². The Kier molecular flexibility index (Phi) is 7.70. The zero-order valence-corrected chi connectivity index (χ0v) is 24.0. The maximum atomic E-state index is 13.2. The molecule has 3 heterocycles. The average molecular weight is 669 g/mol. The number of ketones is 1. The van der Waals surface area contributed by atoms with E-state index in [2.05, 4.69) is 43.9 Å². The molecule has 0 bridgehead atoms. The molecular weight excluding hydrogens is 648 g/mol. The number of aromatic nitrogens is 2. The number of halogens is 4. The number of carbonyl (C=O) groups excluding carboxylic acids is 2. The number of benzene rings is 1. The molecule has 2 aliphatic rings. The Bertz CT molecular complexity index is 1160. The summed E-state index contributed by atoms with van der Waals surface area (Å²) in [5, 5.41) is 5.56. The van der Waals surface area contributed by atoms with E-state index in [4.69, 9.17) is 23.2 Å². The number of hydrogen-bond acceptors (Lipinski definition) is 3. The van der Waals surface area contributed by atoms with E-state index in [1.165, 1.54) is 0 Å². The predicted molar refractivity (Wildman–Crippen MR) is 139 cm³/mol. The summed E-state index contributed by atoms with van der Waals surface area (Å²) in [6.45, 7) is 3.53. The van der Waals surface area contributed by atoms with Crippen LogP contribution in [0.25, 0.3) is 10.2 Å². The van der Waals surface area contributed by atoms with Crippen LogP contribution in [-0.2, 0) is 4.79 Å². The van der Waals surface area contributed by atoms with Crippen LogP contribution in [0.3, 0.4) is 0 Å². The van der Waals surface area contributed by atoms with Gasteiger partial charge in [-0.25, -0.2) is 0 Å². The number of likely N-dealkylation sites (tertiary alicyclic amines) is 1. The van der Waals surface area contributed by atoms with Crippen LogP contribution in [-0.4, -0.2) is 54.4 Å². The van der Waals surface area contributed by atoms with Crippen LogP contribution in [0.1, 0.15) is 42.4 Å². The van der Waals surface area contributed by atoms with Crippen molar-refractivity contribution in [3.05, 3.63) is 59.6 Å². The van der Waals surface area contributed by atoms with Gasteiger partial charge in [0.25, 0.3) is 0 Å². The van der Waals surface area contributed by atoms with Crippen LogP contribution < -0.4 is 0 Å². The van der Waals surface area contributed by atoms with E-state index >= 15 is 0 Å². The standard InChI is InChI=1S/C22H21Br2Cl2N3O2Se/c1-12-3-2-8-28(11-12)19(31)10-16(30)21-20(24)22(17-6-7-18(23)32-17)29(27-21)15-5-4-13(25)9-14(15)26/h4-7,9,12H,2-3,8,10-11,32H2,1H3. The number of rotatable bonds is 5. The van der Waals surface area contributed by atoms with Gasteiger partial charge in [-0.3, -0.25) is 0 Å². The van der Waals surface area contributed by atoms with Gasteiger partial charge in [-0.2, -0.15) is 0 Å². The summed E-state index contributed by atoms with van der Waals surface area (Å²) in [6.07, 6.45) is 5.93. The van der Waals surface area contributed by atoms with Crippen molar-refractivity contribution < 1.29 is 9.59 Å². The topological polar surface area (TPSA) is 55.2 Å². The van der Waals surface area contributed by atoms with Crippen LogP contribution >= 0.6 is 55.1 Å². The van der Waals surface area contributed by atoms with Crippen molar-refractivity contribution in [3.63, 3.8) is 0 Å². The summed E-state index contributed by atoms with van der Waals surface area (Å²) in [5.74, 6) is -0.0000700. The molecule has 0 radical (unpaired) electrons. The number of nitrogens with zero attached hydrogens (tertiary/aromatic N) is 3. The van der Waals surface area contributed by atoms with Crippen LogP contribution in [0.2, 0.25) is 10.0 Å². The zero-order chi connectivity index (χ0) is 23.0. The Morgan fingerprint density at radius 3 is 2.69 bits per heavy atom. The van der Waals surface area contributed by atoms with E-state index in [-0.39, 0.29) is 23.8 Å². The Morgan fingerprint density at radius 2 is 2.03 bits per heavy atom. The van der Waals surface area contributed by atoms with Crippen LogP contribution in [0.5, 0.6) is 0 Å². The molecule has 1 amide bonds. The molecule has 1 aromatic heterocycles. The van der Waals surface area contributed by atoms with Gasteiger partial charge in [0.05, 0.1) is 0 Å². The van der Waals surface area contributed by atoms with Crippen LogP contribution in [0.4, 0.5) is 0 Å². The Hall–Kier alpha value is -0.891. The van der Waals surface area contributed by atoms with Crippen molar-refractivity contribution in [1.82, 2.24) is 14.7 Å². The molecule has 4 rings (SSSR count). The number of carbonyl (C=O) groups is 2. The molecule has 0 saturated carbocycles. The van der Waals surface area contributed by atoms with Crippen molar-refractivity contribution >= 4 is 86.2 Å². The monoisotopic (exact) mass is 667 g/mol. The quantitative estimate of drug-likeness (QED) is 0.239. The number of amides is 1. The van der Waals surface area contributed by atoms with Crippen molar-refractivity contribution in [1.29, 1.82) is 0 Å². The van der Waals surface area contributed by atoms with E-state index in [9.17, 15) is 9.59 Å². The van der Waals surface area contributed by atoms with Gasteiger partial charge in [0.15, 0.2) is 0 Å². The first kappa shape index (κ1) is 24.2. The summed E-state index contributed by atoms with van der Waals surface area (Å²) in [6, 6.07) is 5.16. The number of Topliss-reactive ketones (excluding diaryl/α,β-unsaturated/α-hetero) is 1. The molecular formula is C22H21Br2Cl2N3O2Se. The average Bonchev–Trinajstić information content (AvgIpc) is 3.30. The van der Waals surface area contributed by atoms with Gasteiger partial charge in [0.2, 0.25) is 0 Å². The normalized spacial score (nSPS) is 19.8. The van der Waals surface area contributed by atoms with E-state index in [0.717, 1.165) is 26.4 Å². The second-order valence-corrected chi connectivity index (χ2v) is 14.7. The summed E-state index contributed by atoms with van der Waals surface area (Å²) < 4.78 is 4.51. The first-order valence-corrected chi connectivity index (χ1v) is 14.6. The van der Waals surface area contributed by atoms with Gasteiger partial charge in [-0.05, 0) is 0 Å². The minimum atomic E-state index is -0.606. The van der Waals surface area contributed by atoms with E-state index < -0.39 is 15.0 Å². The molecule has 10 heteroatoms. The third-order valence-corrected chi connectivity index (χ3v) is 10.3. The molecule has 170 valence electrons. The second kappa shape index (κ2) is 10.2. The van der Waals surface area contributed by atoms with Gasteiger partial charge in [-0.1, -0.05) is 0 Å². The molecule has 1 saturated heterocycles. The van der Waals surface area contributed by atoms with E-state index in [0.29, 0.717) is 39.2 Å². The van der Waals surface area contributed by atoms with Crippen LogP contribution in [0, 0.1) is 5.92 Å². The molecule has 1 fully saturated rings. The molecule has 0 aliphatic carbocycles. The molecule has 0 N–H and O–H groups in total. The summed E-state index contributed by atoms with van der Waals surface area (Å²) in [7, 11) is 0. The Labute approximate surface area is 219 Å². The first-order chi connectivity index (χ1) is 15.2. The van der Waals surface area contributed by atoms with Gasteiger partial charge >= 0.3 is 221 Å².